The number of rotatable bonds is 21. The Hall–Kier alpha value is -5.11. The summed E-state index contributed by atoms with van der Waals surface area (Å²) in [5.74, 6) is -2.32. The van der Waals surface area contributed by atoms with E-state index in [4.69, 9.17) is 14.2 Å². The molecule has 3 aromatic rings. The lowest BCUT2D eigenvalue weighted by Gasteiger charge is -2.43. The second-order valence-electron chi connectivity index (χ2n) is 19.8. The van der Waals surface area contributed by atoms with Gasteiger partial charge >= 0.3 is 6.09 Å². The predicted octanol–water partition coefficient (Wildman–Crippen LogP) is 7.21. The summed E-state index contributed by atoms with van der Waals surface area (Å²) in [6, 6.07) is 24.9. The maximum Gasteiger partial charge on any atom is 0.408 e. The third-order valence-corrected chi connectivity index (χ3v) is 14.7. The van der Waals surface area contributed by atoms with Gasteiger partial charge in [0.15, 0.2) is 0 Å². The third-order valence-electron chi connectivity index (χ3n) is 14.7. The first-order valence-corrected chi connectivity index (χ1v) is 23.9. The van der Waals surface area contributed by atoms with Crippen LogP contribution < -0.4 is 16.0 Å². The Balaban J connectivity index is 1.07. The van der Waals surface area contributed by atoms with E-state index in [1.54, 1.807) is 14.2 Å². The van der Waals surface area contributed by atoms with Crippen LogP contribution in [-0.4, -0.2) is 116 Å². The lowest BCUT2D eigenvalue weighted by Crippen LogP contribution is -2.62. The van der Waals surface area contributed by atoms with Crippen molar-refractivity contribution in [2.45, 2.75) is 134 Å². The molecule has 3 N–H and O–H groups in total. The van der Waals surface area contributed by atoms with Crippen LogP contribution in [0.3, 0.4) is 0 Å². The number of alkyl carbamates (subject to hydrolysis) is 1. The molecule has 0 aromatic heterocycles. The van der Waals surface area contributed by atoms with Crippen LogP contribution in [0.25, 0.3) is 11.1 Å². The van der Waals surface area contributed by atoms with E-state index in [1.807, 2.05) is 92.2 Å². The summed E-state index contributed by atoms with van der Waals surface area (Å²) < 4.78 is 17.9. The second kappa shape index (κ2) is 21.7. The third kappa shape index (κ3) is 11.0. The SMILES string of the molecule is CC[C@H](C)[C@@H]([C@@H](CC(=O)N1CCC[C@H]1[C@H](OC)[C@@H](C)C(=O)NCC1(c2ccccc2)CC1)OC)N(C)[C@H](C(=O)NC(=O)C(C)(C)NC(=O)OCC1c2ccccc2-c2ccccc21)C(C)C. The molecule has 1 saturated heterocycles. The summed E-state index contributed by atoms with van der Waals surface area (Å²) in [5.41, 5.74) is 4.06. The molecule has 3 aliphatic rings. The van der Waals surface area contributed by atoms with Crippen molar-refractivity contribution in [3.05, 3.63) is 95.6 Å². The standard InChI is InChI=1S/C53H73N5O8/c1-11-34(4)46(43(64-9)30-44(59)58-29-19-26-42(58)47(65-10)35(5)48(60)54-32-53(27-28-53)36-20-13-12-14-21-36)57(8)45(33(2)3)49(61)55-50(62)52(6,7)56-51(63)66-31-41-39-24-17-15-22-37(39)38-23-16-18-25-40(38)41/h12-18,20-25,33-35,41-43,45-47H,11,19,26-32H2,1-10H3,(H,54,60)(H,56,63)(H,55,61,62)/t34-,35+,42-,43+,45-,46-,47+/m0/s1. The van der Waals surface area contributed by atoms with Crippen molar-refractivity contribution < 1.29 is 38.2 Å². The molecule has 0 unspecified atom stereocenters. The lowest BCUT2D eigenvalue weighted by atomic mass is 9.87. The number of imide groups is 1. The summed E-state index contributed by atoms with van der Waals surface area (Å²) in [6.07, 6.45) is 2.44. The van der Waals surface area contributed by atoms with Gasteiger partial charge in [-0.25, -0.2) is 4.79 Å². The van der Waals surface area contributed by atoms with Crippen molar-refractivity contribution >= 4 is 29.7 Å². The largest absolute Gasteiger partial charge is 0.449 e. The first-order valence-electron chi connectivity index (χ1n) is 23.9. The molecule has 0 bridgehead atoms. The molecule has 2 fully saturated rings. The van der Waals surface area contributed by atoms with Gasteiger partial charge in [0.05, 0.1) is 36.6 Å². The minimum absolute atomic E-state index is 0.0142. The van der Waals surface area contributed by atoms with Crippen molar-refractivity contribution in [2.24, 2.45) is 17.8 Å². The van der Waals surface area contributed by atoms with Crippen LogP contribution in [0.2, 0.25) is 0 Å². The van der Waals surface area contributed by atoms with E-state index in [9.17, 15) is 24.0 Å². The molecular formula is C53H73N5O8. The maximum absolute atomic E-state index is 14.4. The second-order valence-corrected chi connectivity index (χ2v) is 19.8. The van der Waals surface area contributed by atoms with Gasteiger partial charge in [-0.15, -0.1) is 0 Å². The monoisotopic (exact) mass is 908 g/mol. The molecule has 1 saturated carbocycles. The summed E-state index contributed by atoms with van der Waals surface area (Å²) in [7, 11) is 5.03. The highest BCUT2D eigenvalue weighted by Crippen LogP contribution is 2.48. The zero-order valence-corrected chi connectivity index (χ0v) is 40.7. The fourth-order valence-electron chi connectivity index (χ4n) is 10.6. The fourth-order valence-corrected chi connectivity index (χ4v) is 10.6. The number of likely N-dealkylation sites (tertiary alicyclic amines) is 1. The molecule has 3 aromatic carbocycles. The van der Waals surface area contributed by atoms with Crippen LogP contribution >= 0.6 is 0 Å². The van der Waals surface area contributed by atoms with Gasteiger partial charge in [0, 0.05) is 44.7 Å². The predicted molar refractivity (Wildman–Crippen MR) is 256 cm³/mol. The van der Waals surface area contributed by atoms with Gasteiger partial charge in [0.2, 0.25) is 17.7 Å². The average Bonchev–Trinajstić information content (AvgIpc) is 3.82. The number of benzene rings is 3. The van der Waals surface area contributed by atoms with E-state index < -0.39 is 53.7 Å². The van der Waals surface area contributed by atoms with Crippen molar-refractivity contribution in [3.63, 3.8) is 0 Å². The normalized spacial score (nSPS) is 19.2. The summed E-state index contributed by atoms with van der Waals surface area (Å²) in [6.45, 7) is 14.1. The van der Waals surface area contributed by atoms with E-state index >= 15 is 0 Å². The molecule has 7 atom stereocenters. The van der Waals surface area contributed by atoms with Gasteiger partial charge in [-0.3, -0.25) is 29.4 Å². The zero-order chi connectivity index (χ0) is 47.9. The molecule has 0 radical (unpaired) electrons. The average molecular weight is 908 g/mol. The van der Waals surface area contributed by atoms with Crippen LogP contribution in [0.4, 0.5) is 4.79 Å². The minimum Gasteiger partial charge on any atom is -0.449 e. The zero-order valence-electron chi connectivity index (χ0n) is 40.7. The Labute approximate surface area is 392 Å². The Bertz CT molecular complexity index is 2130. The Morgan fingerprint density at radius 2 is 1.45 bits per heavy atom. The molecular weight excluding hydrogens is 835 g/mol. The van der Waals surface area contributed by atoms with E-state index in [0.29, 0.717) is 19.5 Å². The Kier molecular flexibility index (Phi) is 16.5. The highest BCUT2D eigenvalue weighted by Gasteiger charge is 2.47. The summed E-state index contributed by atoms with van der Waals surface area (Å²) in [5, 5.41) is 8.46. The maximum atomic E-state index is 14.4. The number of hydrogen-bond donors (Lipinski definition) is 3. The van der Waals surface area contributed by atoms with Gasteiger partial charge in [-0.2, -0.15) is 0 Å². The van der Waals surface area contributed by atoms with Crippen LogP contribution in [0.1, 0.15) is 110 Å². The van der Waals surface area contributed by atoms with Gasteiger partial charge in [-0.05, 0) is 86.2 Å². The van der Waals surface area contributed by atoms with Crippen molar-refractivity contribution in [1.82, 2.24) is 25.8 Å². The first-order chi connectivity index (χ1) is 31.5. The van der Waals surface area contributed by atoms with Crippen molar-refractivity contribution in [2.75, 3.05) is 41.0 Å². The first kappa shape index (κ1) is 50.3. The van der Waals surface area contributed by atoms with Crippen LogP contribution in [0.5, 0.6) is 0 Å². The number of amides is 5. The molecule has 5 amide bonds. The number of ether oxygens (including phenoxy) is 3. The number of carbonyl (C=O) groups excluding carboxylic acids is 5. The highest BCUT2D eigenvalue weighted by atomic mass is 16.5. The van der Waals surface area contributed by atoms with Crippen LogP contribution in [0, 0.1) is 17.8 Å². The molecule has 66 heavy (non-hydrogen) atoms. The van der Waals surface area contributed by atoms with Crippen LogP contribution in [0.15, 0.2) is 78.9 Å². The smallest absolute Gasteiger partial charge is 0.408 e. The molecule has 1 heterocycles. The van der Waals surface area contributed by atoms with Crippen molar-refractivity contribution in [1.29, 1.82) is 0 Å². The molecule has 0 spiro atoms. The number of nitrogens with one attached hydrogen (secondary N) is 3. The topological polar surface area (TPSA) is 156 Å². The molecule has 13 nitrogen and oxygen atoms in total. The summed E-state index contributed by atoms with van der Waals surface area (Å²) in [4.78, 5) is 73.1. The quantitative estimate of drug-likeness (QED) is 0.101. The molecule has 358 valence electrons. The Morgan fingerprint density at radius 3 is 2.02 bits per heavy atom. The van der Waals surface area contributed by atoms with E-state index in [0.717, 1.165) is 47.9 Å². The molecule has 2 aliphatic carbocycles. The highest BCUT2D eigenvalue weighted by molar-refractivity contribution is 6.02. The number of methoxy groups -OCH3 is 2. The molecule has 13 heteroatoms. The molecule has 1 aliphatic heterocycles. The number of likely N-dealkylation sites (N-methyl/N-ethyl adjacent to an activating group) is 1. The number of carbonyl (C=O) groups is 5. The lowest BCUT2D eigenvalue weighted by molar-refractivity contribution is -0.144. The van der Waals surface area contributed by atoms with Crippen LogP contribution in [-0.2, 0) is 38.8 Å². The number of nitrogens with zero attached hydrogens (tertiary/aromatic N) is 2. The fraction of sp³-hybridized carbons (Fsp3) is 0.566. The summed E-state index contributed by atoms with van der Waals surface area (Å²) >= 11 is 0. The van der Waals surface area contributed by atoms with Gasteiger partial charge in [0.25, 0.3) is 5.91 Å². The van der Waals surface area contributed by atoms with Gasteiger partial charge < -0.3 is 29.7 Å². The van der Waals surface area contributed by atoms with E-state index in [1.165, 1.54) is 19.4 Å². The van der Waals surface area contributed by atoms with Gasteiger partial charge in [-0.1, -0.05) is 120 Å². The Morgan fingerprint density at radius 1 is 0.848 bits per heavy atom. The molecule has 6 rings (SSSR count). The number of fused-ring (bicyclic) bond motifs is 3. The van der Waals surface area contributed by atoms with E-state index in [2.05, 4.69) is 54.1 Å². The van der Waals surface area contributed by atoms with E-state index in [-0.39, 0.29) is 54.1 Å². The minimum atomic E-state index is -1.50. The van der Waals surface area contributed by atoms with Gasteiger partial charge in [0.1, 0.15) is 12.1 Å². The number of hydrogen-bond acceptors (Lipinski definition) is 9. The van der Waals surface area contributed by atoms with Crippen molar-refractivity contribution in [3.8, 4) is 11.1 Å².